The van der Waals surface area contributed by atoms with Crippen LogP contribution in [0.2, 0.25) is 0 Å². The molecule has 0 saturated carbocycles. The van der Waals surface area contributed by atoms with Crippen LogP contribution < -0.4 is 4.74 Å². The predicted molar refractivity (Wildman–Crippen MR) is 80.1 cm³/mol. The first-order chi connectivity index (χ1) is 10.3. The van der Waals surface area contributed by atoms with E-state index < -0.39 is 0 Å². The van der Waals surface area contributed by atoms with Gasteiger partial charge in [0.2, 0.25) is 0 Å². The molecule has 5 nitrogen and oxygen atoms in total. The van der Waals surface area contributed by atoms with Crippen LogP contribution in [0.5, 0.6) is 11.5 Å². The van der Waals surface area contributed by atoms with E-state index >= 15 is 0 Å². The molecule has 0 atom stereocenters. The number of nitrogens with one attached hydrogen (secondary N) is 1. The predicted octanol–water partition coefficient (Wildman–Crippen LogP) is 3.24. The van der Waals surface area contributed by atoms with E-state index in [1.807, 2.05) is 37.3 Å². The van der Waals surface area contributed by atoms with Crippen LogP contribution in [0.15, 0.2) is 48.5 Å². The highest BCUT2D eigenvalue weighted by atomic mass is 16.5. The van der Waals surface area contributed by atoms with Gasteiger partial charge in [0.15, 0.2) is 23.1 Å². The van der Waals surface area contributed by atoms with E-state index in [1.165, 1.54) is 0 Å². The molecule has 2 aromatic carbocycles. The zero-order valence-corrected chi connectivity index (χ0v) is 11.6. The van der Waals surface area contributed by atoms with Gasteiger partial charge in [-0.1, -0.05) is 30.3 Å². The lowest BCUT2D eigenvalue weighted by Gasteiger charge is -2.06. The molecule has 21 heavy (non-hydrogen) atoms. The van der Waals surface area contributed by atoms with Crippen molar-refractivity contribution in [2.75, 3.05) is 6.61 Å². The summed E-state index contributed by atoms with van der Waals surface area (Å²) in [7, 11) is 0. The quantitative estimate of drug-likeness (QED) is 0.770. The number of aromatic hydroxyl groups is 1. The zero-order chi connectivity index (χ0) is 14.7. The van der Waals surface area contributed by atoms with Crippen LogP contribution in [0.4, 0.5) is 0 Å². The molecule has 2 N–H and O–H groups in total. The number of ether oxygens (including phenoxy) is 1. The van der Waals surface area contributed by atoms with E-state index in [4.69, 9.17) is 4.74 Å². The molecule has 0 radical (unpaired) electrons. The van der Waals surface area contributed by atoms with Crippen molar-refractivity contribution < 1.29 is 9.84 Å². The van der Waals surface area contributed by atoms with Gasteiger partial charge in [0.25, 0.3) is 0 Å². The second-order valence-corrected chi connectivity index (χ2v) is 4.49. The number of benzene rings is 2. The topological polar surface area (TPSA) is 71.0 Å². The number of phenols is 1. The molecular weight excluding hydrogens is 266 g/mol. The minimum atomic E-state index is 0.111. The lowest BCUT2D eigenvalue weighted by molar-refractivity contribution is 0.318. The molecule has 106 valence electrons. The molecule has 0 amide bonds. The minimum Gasteiger partial charge on any atom is -0.504 e. The van der Waals surface area contributed by atoms with Crippen molar-refractivity contribution in [3.05, 3.63) is 48.5 Å². The summed E-state index contributed by atoms with van der Waals surface area (Å²) in [6.45, 7) is 2.35. The van der Waals surface area contributed by atoms with E-state index in [-0.39, 0.29) is 5.75 Å². The number of hydrogen-bond donors (Lipinski definition) is 2. The van der Waals surface area contributed by atoms with Crippen molar-refractivity contribution in [3.8, 4) is 34.3 Å². The lowest BCUT2D eigenvalue weighted by atomic mass is 10.2. The van der Waals surface area contributed by atoms with Gasteiger partial charge >= 0.3 is 0 Å². The van der Waals surface area contributed by atoms with Crippen molar-refractivity contribution in [1.82, 2.24) is 15.2 Å². The van der Waals surface area contributed by atoms with E-state index in [2.05, 4.69) is 15.2 Å². The Balaban J connectivity index is 1.95. The molecule has 0 unspecified atom stereocenters. The summed E-state index contributed by atoms with van der Waals surface area (Å²) < 4.78 is 5.37. The number of aromatic nitrogens is 3. The highest BCUT2D eigenvalue weighted by Crippen LogP contribution is 2.30. The van der Waals surface area contributed by atoms with Gasteiger partial charge in [-0.25, -0.2) is 4.98 Å². The number of phenolic OH excluding ortho intramolecular Hbond substituents is 1. The van der Waals surface area contributed by atoms with Crippen molar-refractivity contribution in [1.29, 1.82) is 0 Å². The summed E-state index contributed by atoms with van der Waals surface area (Å²) >= 11 is 0. The number of H-pyrrole nitrogens is 1. The SMILES string of the molecule is CCOc1cc(-c2n[nH]c(-c3ccccc3)n2)ccc1O. The zero-order valence-electron chi connectivity index (χ0n) is 11.6. The Morgan fingerprint density at radius 1 is 1.10 bits per heavy atom. The summed E-state index contributed by atoms with van der Waals surface area (Å²) in [6, 6.07) is 14.9. The molecule has 0 spiro atoms. The Labute approximate surface area is 122 Å². The fourth-order valence-electron chi connectivity index (χ4n) is 2.04. The number of aromatic amines is 1. The standard InChI is InChI=1S/C16H15N3O2/c1-2-21-14-10-12(8-9-13(14)20)16-17-15(18-19-16)11-6-4-3-5-7-11/h3-10,20H,2H2,1H3,(H,17,18,19). The van der Waals surface area contributed by atoms with Gasteiger partial charge in [0.05, 0.1) is 6.61 Å². The van der Waals surface area contributed by atoms with Crippen LogP contribution in [0, 0.1) is 0 Å². The first-order valence-electron chi connectivity index (χ1n) is 6.72. The van der Waals surface area contributed by atoms with Crippen LogP contribution in [0.1, 0.15) is 6.92 Å². The van der Waals surface area contributed by atoms with Gasteiger partial charge in [0, 0.05) is 11.1 Å². The van der Waals surface area contributed by atoms with Gasteiger partial charge < -0.3 is 9.84 Å². The first kappa shape index (κ1) is 13.2. The maximum Gasteiger partial charge on any atom is 0.181 e. The van der Waals surface area contributed by atoms with E-state index in [1.54, 1.807) is 18.2 Å². The number of nitrogens with zero attached hydrogens (tertiary/aromatic N) is 2. The summed E-state index contributed by atoms with van der Waals surface area (Å²) in [5, 5.41) is 16.9. The van der Waals surface area contributed by atoms with Crippen LogP contribution in [-0.4, -0.2) is 26.9 Å². The molecule has 0 saturated heterocycles. The Morgan fingerprint density at radius 2 is 1.90 bits per heavy atom. The molecule has 1 aromatic heterocycles. The molecule has 1 heterocycles. The van der Waals surface area contributed by atoms with Crippen LogP contribution in [-0.2, 0) is 0 Å². The Kier molecular flexibility index (Phi) is 3.55. The molecular formula is C16H15N3O2. The van der Waals surface area contributed by atoms with Crippen molar-refractivity contribution >= 4 is 0 Å². The second-order valence-electron chi connectivity index (χ2n) is 4.49. The van der Waals surface area contributed by atoms with Crippen molar-refractivity contribution in [3.63, 3.8) is 0 Å². The molecule has 3 aromatic rings. The molecule has 0 aliphatic carbocycles. The maximum atomic E-state index is 9.72. The van der Waals surface area contributed by atoms with Crippen LogP contribution >= 0.6 is 0 Å². The molecule has 0 bridgehead atoms. The van der Waals surface area contributed by atoms with Crippen LogP contribution in [0.25, 0.3) is 22.8 Å². The Bertz CT molecular complexity index is 738. The summed E-state index contributed by atoms with van der Waals surface area (Å²) in [5.41, 5.74) is 1.76. The highest BCUT2D eigenvalue weighted by Gasteiger charge is 2.10. The number of rotatable bonds is 4. The third kappa shape index (κ3) is 2.72. The third-order valence-corrected chi connectivity index (χ3v) is 3.05. The average Bonchev–Trinajstić information content (AvgIpc) is 3.00. The third-order valence-electron chi connectivity index (χ3n) is 3.05. The first-order valence-corrected chi connectivity index (χ1v) is 6.72. The minimum absolute atomic E-state index is 0.111. The largest absolute Gasteiger partial charge is 0.504 e. The van der Waals surface area contributed by atoms with Crippen molar-refractivity contribution in [2.24, 2.45) is 0 Å². The maximum absolute atomic E-state index is 9.72. The second kappa shape index (κ2) is 5.66. The van der Waals surface area contributed by atoms with Crippen molar-refractivity contribution in [2.45, 2.75) is 6.92 Å². The molecule has 0 aliphatic rings. The molecule has 0 aliphatic heterocycles. The van der Waals surface area contributed by atoms with E-state index in [0.29, 0.717) is 24.0 Å². The lowest BCUT2D eigenvalue weighted by Crippen LogP contribution is -1.92. The molecule has 5 heteroatoms. The average molecular weight is 281 g/mol. The fraction of sp³-hybridized carbons (Fsp3) is 0.125. The van der Waals surface area contributed by atoms with Gasteiger partial charge in [-0.2, -0.15) is 5.10 Å². The Morgan fingerprint density at radius 3 is 2.67 bits per heavy atom. The van der Waals surface area contributed by atoms with Gasteiger partial charge in [-0.05, 0) is 25.1 Å². The highest BCUT2D eigenvalue weighted by molar-refractivity contribution is 5.64. The molecule has 0 fully saturated rings. The fourth-order valence-corrected chi connectivity index (χ4v) is 2.04. The van der Waals surface area contributed by atoms with E-state index in [9.17, 15) is 5.11 Å². The molecule has 3 rings (SSSR count). The monoisotopic (exact) mass is 281 g/mol. The van der Waals surface area contributed by atoms with Crippen LogP contribution in [0.3, 0.4) is 0 Å². The van der Waals surface area contributed by atoms with E-state index in [0.717, 1.165) is 11.1 Å². The Hall–Kier alpha value is -2.82. The number of hydrogen-bond acceptors (Lipinski definition) is 4. The smallest absolute Gasteiger partial charge is 0.181 e. The van der Waals surface area contributed by atoms with Gasteiger partial charge in [-0.3, -0.25) is 5.10 Å². The van der Waals surface area contributed by atoms with Gasteiger partial charge in [0.1, 0.15) is 0 Å². The summed E-state index contributed by atoms with van der Waals surface area (Å²) in [6.07, 6.45) is 0. The summed E-state index contributed by atoms with van der Waals surface area (Å²) in [4.78, 5) is 4.48. The van der Waals surface area contributed by atoms with Gasteiger partial charge in [-0.15, -0.1) is 0 Å². The normalized spacial score (nSPS) is 10.5. The summed E-state index contributed by atoms with van der Waals surface area (Å²) in [5.74, 6) is 1.81.